The molecule has 6 rings (SSSR count). The molecule has 210 valence electrons. The van der Waals surface area contributed by atoms with E-state index in [-0.39, 0.29) is 49.7 Å². The molecule has 1 aromatic heterocycles. The molecule has 0 unspecified atom stereocenters. The van der Waals surface area contributed by atoms with Gasteiger partial charge in [0.1, 0.15) is 0 Å². The minimum Gasteiger partial charge on any atom is -0.339 e. The number of piperidine rings is 1. The first-order chi connectivity index (χ1) is 19.2. The summed E-state index contributed by atoms with van der Waals surface area (Å²) in [4.78, 5) is 29.6. The fraction of sp³-hybridized carbons (Fsp3) is 0.433. The van der Waals surface area contributed by atoms with E-state index in [0.717, 1.165) is 54.6 Å². The van der Waals surface area contributed by atoms with Gasteiger partial charge in [-0.3, -0.25) is 14.7 Å². The molecule has 1 N–H and O–H groups in total. The Hall–Kier alpha value is -2.97. The highest BCUT2D eigenvalue weighted by Crippen LogP contribution is 2.37. The van der Waals surface area contributed by atoms with E-state index in [4.69, 9.17) is 23.2 Å². The Morgan fingerprint density at radius 3 is 2.42 bits per heavy atom. The normalized spacial score (nSPS) is 22.4. The molecule has 10 heteroatoms. The van der Waals surface area contributed by atoms with Gasteiger partial charge in [0.25, 0.3) is 11.8 Å². The van der Waals surface area contributed by atoms with Gasteiger partial charge in [-0.1, -0.05) is 35.3 Å². The fourth-order valence-electron chi connectivity index (χ4n) is 6.21. The number of halogens is 4. The molecule has 2 atom stereocenters. The summed E-state index contributed by atoms with van der Waals surface area (Å²) in [5, 5.41) is 8.24. The molecular formula is C30H30Cl2F2N4O2. The molecule has 0 spiro atoms. The van der Waals surface area contributed by atoms with Crippen LogP contribution in [0.5, 0.6) is 0 Å². The second-order valence-electron chi connectivity index (χ2n) is 11.1. The van der Waals surface area contributed by atoms with E-state index >= 15 is 0 Å². The standard InChI is InChI=1S/C30H30Cl2F2N4O2/c31-25-15-21(18-1-3-19(4-2-18)28(39)37-11-8-30(33,34)9-12-37)16-26(32)24(25)14-20-7-10-38(29(20)40)23-5-6-27-22(13-23)17-35-36-27/h1-4,15-17,20,23H,5-14H2,(H,35,36)/t20-,23-/m0/s1. The van der Waals surface area contributed by atoms with Crippen molar-refractivity contribution in [3.8, 4) is 11.1 Å². The summed E-state index contributed by atoms with van der Waals surface area (Å²) < 4.78 is 26.9. The van der Waals surface area contributed by atoms with Crippen LogP contribution in [0.2, 0.25) is 10.0 Å². The molecule has 1 aliphatic carbocycles. The van der Waals surface area contributed by atoms with Gasteiger partial charge in [0.2, 0.25) is 5.91 Å². The number of aromatic nitrogens is 2. The van der Waals surface area contributed by atoms with E-state index in [1.807, 2.05) is 23.2 Å². The van der Waals surface area contributed by atoms with Crippen molar-refractivity contribution < 1.29 is 18.4 Å². The average Bonchev–Trinajstić information content (AvgIpc) is 3.56. The smallest absolute Gasteiger partial charge is 0.253 e. The second kappa shape index (κ2) is 10.8. The molecule has 2 fully saturated rings. The number of hydrogen-bond acceptors (Lipinski definition) is 3. The van der Waals surface area contributed by atoms with Gasteiger partial charge in [0.05, 0.1) is 5.69 Å². The lowest BCUT2D eigenvalue weighted by molar-refractivity contribution is -0.133. The first-order valence-corrected chi connectivity index (χ1v) is 14.5. The minimum atomic E-state index is -2.70. The Morgan fingerprint density at radius 2 is 1.73 bits per heavy atom. The van der Waals surface area contributed by atoms with Gasteiger partial charge in [-0.2, -0.15) is 5.10 Å². The molecule has 0 radical (unpaired) electrons. The number of hydrogen-bond donors (Lipinski definition) is 1. The van der Waals surface area contributed by atoms with Gasteiger partial charge in [-0.15, -0.1) is 0 Å². The van der Waals surface area contributed by atoms with Gasteiger partial charge in [0.15, 0.2) is 0 Å². The summed E-state index contributed by atoms with van der Waals surface area (Å²) in [5.41, 5.74) is 5.15. The van der Waals surface area contributed by atoms with E-state index in [9.17, 15) is 18.4 Å². The predicted molar refractivity (Wildman–Crippen MR) is 150 cm³/mol. The summed E-state index contributed by atoms with van der Waals surface area (Å²) in [6.45, 7) is 0.834. The number of carbonyl (C=O) groups is 2. The number of nitrogens with zero attached hydrogens (tertiary/aromatic N) is 3. The molecule has 2 amide bonds. The summed E-state index contributed by atoms with van der Waals surface area (Å²) in [6.07, 6.45) is 5.21. The molecule has 2 aromatic carbocycles. The Labute approximate surface area is 241 Å². The fourth-order valence-corrected chi connectivity index (χ4v) is 6.85. The number of carbonyl (C=O) groups excluding carboxylic acids is 2. The maximum Gasteiger partial charge on any atom is 0.253 e. The highest BCUT2D eigenvalue weighted by atomic mass is 35.5. The number of H-pyrrole nitrogens is 1. The summed E-state index contributed by atoms with van der Waals surface area (Å²) >= 11 is 13.4. The van der Waals surface area contributed by atoms with Gasteiger partial charge >= 0.3 is 0 Å². The SMILES string of the molecule is O=C(c1ccc(-c2cc(Cl)c(C[C@@H]3CCN([C@H]4CCc5n[nH]cc5C4)C3=O)c(Cl)c2)cc1)N1CCC(F)(F)CC1. The summed E-state index contributed by atoms with van der Waals surface area (Å²) in [6, 6.07) is 10.9. The number of rotatable bonds is 5. The van der Waals surface area contributed by atoms with Crippen LogP contribution in [-0.4, -0.2) is 63.4 Å². The predicted octanol–water partition coefficient (Wildman–Crippen LogP) is 6.20. The van der Waals surface area contributed by atoms with Crippen LogP contribution in [0.25, 0.3) is 11.1 Å². The zero-order valence-electron chi connectivity index (χ0n) is 21.9. The van der Waals surface area contributed by atoms with Gasteiger partial charge < -0.3 is 9.80 Å². The van der Waals surface area contributed by atoms with Crippen LogP contribution in [0.1, 0.15) is 52.9 Å². The number of alkyl halides is 2. The number of nitrogens with one attached hydrogen (secondary N) is 1. The van der Waals surface area contributed by atoms with Crippen molar-refractivity contribution in [1.82, 2.24) is 20.0 Å². The van der Waals surface area contributed by atoms with Crippen LogP contribution in [-0.2, 0) is 24.1 Å². The van der Waals surface area contributed by atoms with Crippen molar-refractivity contribution in [2.75, 3.05) is 19.6 Å². The molecular weight excluding hydrogens is 557 g/mol. The molecule has 2 aliphatic heterocycles. The molecule has 6 nitrogen and oxygen atoms in total. The second-order valence-corrected chi connectivity index (χ2v) is 11.9. The van der Waals surface area contributed by atoms with Crippen LogP contribution < -0.4 is 0 Å². The van der Waals surface area contributed by atoms with Gasteiger partial charge in [0, 0.05) is 66.2 Å². The Balaban J connectivity index is 1.11. The third-order valence-electron chi connectivity index (χ3n) is 8.61. The first kappa shape index (κ1) is 27.2. The van der Waals surface area contributed by atoms with Crippen LogP contribution >= 0.6 is 23.2 Å². The number of fused-ring (bicyclic) bond motifs is 1. The lowest BCUT2D eigenvalue weighted by Gasteiger charge is -2.31. The highest BCUT2D eigenvalue weighted by molar-refractivity contribution is 6.36. The highest BCUT2D eigenvalue weighted by Gasteiger charge is 2.38. The molecule has 40 heavy (non-hydrogen) atoms. The van der Waals surface area contributed by atoms with Crippen molar-refractivity contribution in [1.29, 1.82) is 0 Å². The molecule has 3 heterocycles. The van der Waals surface area contributed by atoms with Crippen LogP contribution in [0.4, 0.5) is 8.78 Å². The maximum absolute atomic E-state index is 13.5. The van der Waals surface area contributed by atoms with Gasteiger partial charge in [-0.05, 0) is 78.6 Å². The summed E-state index contributed by atoms with van der Waals surface area (Å²) in [7, 11) is 0. The molecule has 3 aliphatic rings. The van der Waals surface area contributed by atoms with Crippen molar-refractivity contribution in [2.45, 2.75) is 56.9 Å². The quantitative estimate of drug-likeness (QED) is 0.387. The monoisotopic (exact) mass is 586 g/mol. The number of amides is 2. The Bertz CT molecular complexity index is 1410. The number of benzene rings is 2. The molecule has 3 aromatic rings. The van der Waals surface area contributed by atoms with E-state index in [2.05, 4.69) is 10.2 Å². The van der Waals surface area contributed by atoms with Crippen LogP contribution in [0, 0.1) is 5.92 Å². The zero-order chi connectivity index (χ0) is 28.0. The number of likely N-dealkylation sites (tertiary alicyclic amines) is 2. The van der Waals surface area contributed by atoms with E-state index in [0.29, 0.717) is 22.0 Å². The molecule has 0 saturated carbocycles. The van der Waals surface area contributed by atoms with E-state index in [1.165, 1.54) is 10.5 Å². The minimum absolute atomic E-state index is 0.0491. The lowest BCUT2D eigenvalue weighted by Crippen LogP contribution is -2.42. The Morgan fingerprint density at radius 1 is 1.02 bits per heavy atom. The average molecular weight is 587 g/mol. The number of aromatic amines is 1. The van der Waals surface area contributed by atoms with E-state index < -0.39 is 5.92 Å². The van der Waals surface area contributed by atoms with E-state index in [1.54, 1.807) is 24.3 Å². The van der Waals surface area contributed by atoms with Crippen LogP contribution in [0.3, 0.4) is 0 Å². The maximum atomic E-state index is 13.5. The first-order valence-electron chi connectivity index (χ1n) is 13.8. The lowest BCUT2D eigenvalue weighted by atomic mass is 9.92. The third-order valence-corrected chi connectivity index (χ3v) is 9.28. The van der Waals surface area contributed by atoms with Crippen LogP contribution in [0.15, 0.2) is 42.6 Å². The third kappa shape index (κ3) is 5.36. The topological polar surface area (TPSA) is 69.3 Å². The van der Waals surface area contributed by atoms with Crippen molar-refractivity contribution in [2.24, 2.45) is 5.92 Å². The van der Waals surface area contributed by atoms with Crippen molar-refractivity contribution in [3.63, 3.8) is 0 Å². The number of aryl methyl sites for hydroxylation is 1. The molecule has 0 bridgehead atoms. The van der Waals surface area contributed by atoms with Gasteiger partial charge in [-0.25, -0.2) is 8.78 Å². The zero-order valence-corrected chi connectivity index (χ0v) is 23.4. The Kier molecular flexibility index (Phi) is 7.34. The largest absolute Gasteiger partial charge is 0.339 e. The molecule has 2 saturated heterocycles. The van der Waals surface area contributed by atoms with Crippen molar-refractivity contribution in [3.05, 3.63) is 75.0 Å². The van der Waals surface area contributed by atoms with Crippen molar-refractivity contribution >= 4 is 35.0 Å². The summed E-state index contributed by atoms with van der Waals surface area (Å²) in [5.74, 6) is -2.95.